The highest BCUT2D eigenvalue weighted by atomic mass is 32.2. The summed E-state index contributed by atoms with van der Waals surface area (Å²) in [5.74, 6) is -1.56. The van der Waals surface area contributed by atoms with Crippen molar-refractivity contribution in [2.45, 2.75) is 31.8 Å². The summed E-state index contributed by atoms with van der Waals surface area (Å²) in [5.41, 5.74) is 0. The zero-order valence-corrected chi connectivity index (χ0v) is 12.4. The topological polar surface area (TPSA) is 92.5 Å². The molecular weight excluding hydrogens is 282 g/mol. The van der Waals surface area contributed by atoms with Crippen LogP contribution in [0.15, 0.2) is 17.3 Å². The molecule has 0 spiro atoms. The van der Waals surface area contributed by atoms with E-state index in [-0.39, 0.29) is 17.5 Å². The minimum Gasteiger partial charge on any atom is -0.481 e. The Morgan fingerprint density at radius 1 is 1.50 bits per heavy atom. The molecule has 2 unspecified atom stereocenters. The molecule has 112 valence electrons. The van der Waals surface area contributed by atoms with Crippen molar-refractivity contribution in [1.82, 2.24) is 14.1 Å². The van der Waals surface area contributed by atoms with Crippen molar-refractivity contribution in [3.05, 3.63) is 12.3 Å². The van der Waals surface area contributed by atoms with Crippen molar-refractivity contribution < 1.29 is 18.3 Å². The molecule has 1 N–H and O–H groups in total. The van der Waals surface area contributed by atoms with Crippen LogP contribution in [-0.2, 0) is 21.4 Å². The van der Waals surface area contributed by atoms with E-state index >= 15 is 0 Å². The molecule has 1 fully saturated rings. The summed E-state index contributed by atoms with van der Waals surface area (Å²) < 4.78 is 27.9. The van der Waals surface area contributed by atoms with E-state index in [1.54, 1.807) is 0 Å². The first-order valence-electron chi connectivity index (χ1n) is 6.61. The molecule has 0 radical (unpaired) electrons. The lowest BCUT2D eigenvalue weighted by atomic mass is 9.92. The van der Waals surface area contributed by atoms with Gasteiger partial charge < -0.3 is 5.11 Å². The van der Waals surface area contributed by atoms with Crippen LogP contribution in [0.1, 0.15) is 20.3 Å². The lowest BCUT2D eigenvalue weighted by molar-refractivity contribution is -0.143. The summed E-state index contributed by atoms with van der Waals surface area (Å²) in [6.07, 6.45) is 1.95. The zero-order valence-electron chi connectivity index (χ0n) is 11.6. The number of hydrogen-bond acceptors (Lipinski definition) is 4. The number of carboxylic acid groups (broad SMARTS) is 1. The third kappa shape index (κ3) is 2.71. The fourth-order valence-electron chi connectivity index (χ4n) is 2.59. The van der Waals surface area contributed by atoms with E-state index in [0.717, 1.165) is 0 Å². The second kappa shape index (κ2) is 5.53. The van der Waals surface area contributed by atoms with Crippen LogP contribution in [0.4, 0.5) is 0 Å². The number of nitrogens with zero attached hydrogens (tertiary/aromatic N) is 3. The van der Waals surface area contributed by atoms with Crippen molar-refractivity contribution in [1.29, 1.82) is 0 Å². The van der Waals surface area contributed by atoms with Gasteiger partial charge in [0.15, 0.2) is 5.03 Å². The number of rotatable bonds is 4. The zero-order chi connectivity index (χ0) is 14.9. The molecule has 2 rings (SSSR count). The van der Waals surface area contributed by atoms with Gasteiger partial charge in [-0.15, -0.1) is 0 Å². The lowest BCUT2D eigenvalue weighted by Crippen LogP contribution is -2.45. The number of carbonyl (C=O) groups is 1. The van der Waals surface area contributed by atoms with Gasteiger partial charge in [-0.2, -0.15) is 9.40 Å². The van der Waals surface area contributed by atoms with E-state index in [1.165, 1.54) is 21.3 Å². The molecule has 0 saturated carbocycles. The highest BCUT2D eigenvalue weighted by Gasteiger charge is 2.37. The van der Waals surface area contributed by atoms with Crippen molar-refractivity contribution in [2.24, 2.45) is 11.8 Å². The summed E-state index contributed by atoms with van der Waals surface area (Å²) in [5, 5.41) is 13.2. The highest BCUT2D eigenvalue weighted by Crippen LogP contribution is 2.27. The molecule has 0 bridgehead atoms. The standard InChI is InChI=1S/C12H19N3O4S/c1-3-15-11(4-5-13-15)20(18,19)14-7-9(2)6-10(8-14)12(16)17/h4-5,9-10H,3,6-8H2,1-2H3,(H,16,17). The Balaban J connectivity index is 2.31. The Labute approximate surface area is 118 Å². The molecular formula is C12H19N3O4S. The number of sulfonamides is 1. The first-order valence-corrected chi connectivity index (χ1v) is 8.05. The van der Waals surface area contributed by atoms with Crippen LogP contribution < -0.4 is 0 Å². The first kappa shape index (κ1) is 15.0. The quantitative estimate of drug-likeness (QED) is 0.880. The van der Waals surface area contributed by atoms with Crippen LogP contribution in [0.2, 0.25) is 0 Å². The summed E-state index contributed by atoms with van der Waals surface area (Å²) in [6, 6.07) is 1.45. The van der Waals surface area contributed by atoms with Crippen molar-refractivity contribution in [2.75, 3.05) is 13.1 Å². The van der Waals surface area contributed by atoms with Gasteiger partial charge in [0, 0.05) is 19.6 Å². The van der Waals surface area contributed by atoms with Gasteiger partial charge in [-0.05, 0) is 25.3 Å². The minimum atomic E-state index is -3.69. The molecule has 1 aliphatic heterocycles. The fraction of sp³-hybridized carbons (Fsp3) is 0.667. The molecule has 2 heterocycles. The molecule has 1 aliphatic rings. The van der Waals surface area contributed by atoms with Gasteiger partial charge in [-0.25, -0.2) is 8.42 Å². The molecule has 0 amide bonds. The first-order chi connectivity index (χ1) is 9.36. The number of piperidine rings is 1. The molecule has 1 aromatic heterocycles. The molecule has 1 saturated heterocycles. The van der Waals surface area contributed by atoms with E-state index < -0.39 is 21.9 Å². The number of aliphatic carboxylic acids is 1. The number of aryl methyl sites for hydroxylation is 1. The maximum atomic E-state index is 12.6. The third-order valence-corrected chi connectivity index (χ3v) is 5.41. The van der Waals surface area contributed by atoms with Crippen molar-refractivity contribution in [3.63, 3.8) is 0 Å². The van der Waals surface area contributed by atoms with Crippen LogP contribution in [0.5, 0.6) is 0 Å². The average Bonchev–Trinajstić information content (AvgIpc) is 2.86. The smallest absolute Gasteiger partial charge is 0.307 e. The van der Waals surface area contributed by atoms with Crippen LogP contribution >= 0.6 is 0 Å². The second-order valence-electron chi connectivity index (χ2n) is 5.18. The summed E-state index contributed by atoms with van der Waals surface area (Å²) in [6.45, 7) is 4.50. The molecule has 0 aromatic carbocycles. The second-order valence-corrected chi connectivity index (χ2v) is 7.07. The number of aromatic nitrogens is 2. The third-order valence-electron chi connectivity index (χ3n) is 3.56. The van der Waals surface area contributed by atoms with E-state index in [9.17, 15) is 13.2 Å². The molecule has 1 aromatic rings. The van der Waals surface area contributed by atoms with Gasteiger partial charge in [-0.3, -0.25) is 9.48 Å². The highest BCUT2D eigenvalue weighted by molar-refractivity contribution is 7.89. The average molecular weight is 301 g/mol. The Morgan fingerprint density at radius 3 is 2.80 bits per heavy atom. The van der Waals surface area contributed by atoms with Gasteiger partial charge in [0.1, 0.15) is 0 Å². The van der Waals surface area contributed by atoms with Gasteiger partial charge in [0.2, 0.25) is 0 Å². The van der Waals surface area contributed by atoms with Gasteiger partial charge in [0.05, 0.1) is 12.1 Å². The van der Waals surface area contributed by atoms with Gasteiger partial charge in [0.25, 0.3) is 10.0 Å². The van der Waals surface area contributed by atoms with Gasteiger partial charge >= 0.3 is 5.97 Å². The molecule has 8 heteroatoms. The SMILES string of the molecule is CCn1nccc1S(=O)(=O)N1CC(C)CC(C(=O)O)C1. The van der Waals surface area contributed by atoms with Crippen molar-refractivity contribution in [3.8, 4) is 0 Å². The summed E-state index contributed by atoms with van der Waals surface area (Å²) >= 11 is 0. The predicted molar refractivity (Wildman–Crippen MR) is 71.6 cm³/mol. The summed E-state index contributed by atoms with van der Waals surface area (Å²) in [4.78, 5) is 11.1. The number of hydrogen-bond donors (Lipinski definition) is 1. The van der Waals surface area contributed by atoms with Crippen molar-refractivity contribution >= 4 is 16.0 Å². The molecule has 2 atom stereocenters. The van der Waals surface area contributed by atoms with E-state index in [1.807, 2.05) is 13.8 Å². The maximum Gasteiger partial charge on any atom is 0.307 e. The Kier molecular flexibility index (Phi) is 4.14. The monoisotopic (exact) mass is 301 g/mol. The lowest BCUT2D eigenvalue weighted by Gasteiger charge is -2.33. The predicted octanol–water partition coefficient (Wildman–Crippen LogP) is 0.634. The Bertz CT molecular complexity index is 596. The maximum absolute atomic E-state index is 12.6. The minimum absolute atomic E-state index is 0.0247. The van der Waals surface area contributed by atoms with Crippen LogP contribution in [0.25, 0.3) is 0 Å². The largest absolute Gasteiger partial charge is 0.481 e. The van der Waals surface area contributed by atoms with E-state index in [0.29, 0.717) is 19.5 Å². The van der Waals surface area contributed by atoms with E-state index in [2.05, 4.69) is 5.10 Å². The fourth-order valence-corrected chi connectivity index (χ4v) is 4.35. The number of carboxylic acids is 1. The van der Waals surface area contributed by atoms with Crippen LogP contribution in [0.3, 0.4) is 0 Å². The normalized spacial score (nSPS) is 24.7. The molecule has 7 nitrogen and oxygen atoms in total. The van der Waals surface area contributed by atoms with Crippen LogP contribution in [-0.4, -0.2) is 46.7 Å². The summed E-state index contributed by atoms with van der Waals surface area (Å²) in [7, 11) is -3.69. The Hall–Kier alpha value is -1.41. The van der Waals surface area contributed by atoms with Crippen LogP contribution in [0, 0.1) is 11.8 Å². The van der Waals surface area contributed by atoms with Gasteiger partial charge in [-0.1, -0.05) is 6.92 Å². The molecule has 20 heavy (non-hydrogen) atoms. The van der Waals surface area contributed by atoms with E-state index in [4.69, 9.17) is 5.11 Å². The Morgan fingerprint density at radius 2 is 2.20 bits per heavy atom. The molecule has 0 aliphatic carbocycles.